The smallest absolute Gasteiger partial charge is 0.271 e. The van der Waals surface area contributed by atoms with Crippen LogP contribution in [0.15, 0.2) is 18.2 Å². The molecule has 5 nitrogen and oxygen atoms in total. The van der Waals surface area contributed by atoms with Gasteiger partial charge < -0.3 is 10.2 Å². The molecule has 0 saturated carbocycles. The lowest BCUT2D eigenvalue weighted by Crippen LogP contribution is -2.49. The summed E-state index contributed by atoms with van der Waals surface area (Å²) in [7, 11) is 0. The van der Waals surface area contributed by atoms with Gasteiger partial charge in [0, 0.05) is 43.5 Å². The first-order valence-electron chi connectivity index (χ1n) is 5.80. The van der Waals surface area contributed by atoms with Crippen molar-refractivity contribution in [2.45, 2.75) is 19.9 Å². The first kappa shape index (κ1) is 11.9. The van der Waals surface area contributed by atoms with Gasteiger partial charge in [0.25, 0.3) is 5.69 Å². The number of aryl methyl sites for hydroxylation is 1. The summed E-state index contributed by atoms with van der Waals surface area (Å²) in [6.45, 7) is 6.72. The van der Waals surface area contributed by atoms with Crippen LogP contribution in [0, 0.1) is 17.0 Å². The van der Waals surface area contributed by atoms with E-state index in [1.54, 1.807) is 12.1 Å². The third-order valence-electron chi connectivity index (χ3n) is 2.99. The van der Waals surface area contributed by atoms with Crippen LogP contribution < -0.4 is 10.2 Å². The van der Waals surface area contributed by atoms with Crippen LogP contribution in [0.3, 0.4) is 0 Å². The average Bonchev–Trinajstić information content (AvgIpc) is 2.28. The molecule has 2 rings (SSSR count). The van der Waals surface area contributed by atoms with Gasteiger partial charge in [-0.3, -0.25) is 10.1 Å². The molecule has 17 heavy (non-hydrogen) atoms. The SMILES string of the molecule is Cc1cc(N2CCN[C@@H](C)C2)cc([N+](=O)[O-])c1. The molecule has 0 aromatic heterocycles. The van der Waals surface area contributed by atoms with Crippen LogP contribution in [-0.4, -0.2) is 30.6 Å². The molecule has 1 aromatic carbocycles. The number of nitro benzene ring substituents is 1. The number of benzene rings is 1. The molecule has 0 spiro atoms. The lowest BCUT2D eigenvalue weighted by Gasteiger charge is -2.33. The molecule has 92 valence electrons. The van der Waals surface area contributed by atoms with Crippen molar-refractivity contribution in [3.05, 3.63) is 33.9 Å². The van der Waals surface area contributed by atoms with E-state index in [1.165, 1.54) is 0 Å². The van der Waals surface area contributed by atoms with Crippen LogP contribution in [0.1, 0.15) is 12.5 Å². The highest BCUT2D eigenvalue weighted by Crippen LogP contribution is 2.24. The van der Waals surface area contributed by atoms with Crippen molar-refractivity contribution in [1.29, 1.82) is 0 Å². The maximum atomic E-state index is 10.8. The molecule has 1 heterocycles. The molecule has 1 aromatic rings. The van der Waals surface area contributed by atoms with Gasteiger partial charge in [0.15, 0.2) is 0 Å². The van der Waals surface area contributed by atoms with Crippen LogP contribution in [-0.2, 0) is 0 Å². The third-order valence-corrected chi connectivity index (χ3v) is 2.99. The normalized spacial score (nSPS) is 20.4. The largest absolute Gasteiger partial charge is 0.368 e. The van der Waals surface area contributed by atoms with E-state index >= 15 is 0 Å². The first-order chi connectivity index (χ1) is 8.06. The summed E-state index contributed by atoms with van der Waals surface area (Å²) >= 11 is 0. The number of nitrogens with one attached hydrogen (secondary N) is 1. The zero-order valence-electron chi connectivity index (χ0n) is 10.1. The summed E-state index contributed by atoms with van der Waals surface area (Å²) in [6.07, 6.45) is 0. The lowest BCUT2D eigenvalue weighted by molar-refractivity contribution is -0.384. The summed E-state index contributed by atoms with van der Waals surface area (Å²) in [4.78, 5) is 12.7. The average molecular weight is 235 g/mol. The van der Waals surface area contributed by atoms with Crippen molar-refractivity contribution < 1.29 is 4.92 Å². The number of nitro groups is 1. The minimum atomic E-state index is -0.331. The van der Waals surface area contributed by atoms with Crippen molar-refractivity contribution in [2.75, 3.05) is 24.5 Å². The number of non-ortho nitro benzene ring substituents is 1. The Balaban J connectivity index is 2.28. The molecule has 1 fully saturated rings. The first-order valence-corrected chi connectivity index (χ1v) is 5.80. The van der Waals surface area contributed by atoms with Gasteiger partial charge in [0.05, 0.1) is 4.92 Å². The zero-order chi connectivity index (χ0) is 12.4. The van der Waals surface area contributed by atoms with E-state index in [0.29, 0.717) is 6.04 Å². The van der Waals surface area contributed by atoms with E-state index in [0.717, 1.165) is 30.9 Å². The van der Waals surface area contributed by atoms with E-state index in [2.05, 4.69) is 17.1 Å². The van der Waals surface area contributed by atoms with Gasteiger partial charge in [0.1, 0.15) is 0 Å². The molecule has 0 bridgehead atoms. The van der Waals surface area contributed by atoms with Crippen LogP contribution in [0.2, 0.25) is 0 Å². The molecule has 1 aliphatic rings. The molecular formula is C12H17N3O2. The Labute approximate surface area is 101 Å². The van der Waals surface area contributed by atoms with Gasteiger partial charge in [-0.15, -0.1) is 0 Å². The van der Waals surface area contributed by atoms with Crippen molar-refractivity contribution in [2.24, 2.45) is 0 Å². The zero-order valence-corrected chi connectivity index (χ0v) is 10.1. The predicted octanol–water partition coefficient (Wildman–Crippen LogP) is 1.70. The fraction of sp³-hybridized carbons (Fsp3) is 0.500. The van der Waals surface area contributed by atoms with Gasteiger partial charge >= 0.3 is 0 Å². The van der Waals surface area contributed by atoms with Crippen molar-refractivity contribution in [1.82, 2.24) is 5.32 Å². The fourth-order valence-corrected chi connectivity index (χ4v) is 2.20. The standard InChI is InChI=1S/C12H17N3O2/c1-9-5-11(7-12(6-9)15(16)17)14-4-3-13-10(2)8-14/h5-7,10,13H,3-4,8H2,1-2H3/t10-/m0/s1. The van der Waals surface area contributed by atoms with Crippen LogP contribution in [0.5, 0.6) is 0 Å². The summed E-state index contributed by atoms with van der Waals surface area (Å²) in [5, 5.41) is 14.2. The van der Waals surface area contributed by atoms with Gasteiger partial charge in [-0.25, -0.2) is 0 Å². The van der Waals surface area contributed by atoms with E-state index in [4.69, 9.17) is 0 Å². The highest BCUT2D eigenvalue weighted by molar-refractivity contribution is 5.56. The van der Waals surface area contributed by atoms with Crippen LogP contribution in [0.4, 0.5) is 11.4 Å². The second kappa shape index (κ2) is 4.71. The Morgan fingerprint density at radius 2 is 2.24 bits per heavy atom. The minimum Gasteiger partial charge on any atom is -0.368 e. The molecule has 1 N–H and O–H groups in total. The summed E-state index contributed by atoms with van der Waals surface area (Å²) in [5.74, 6) is 0. The minimum absolute atomic E-state index is 0.172. The second-order valence-corrected chi connectivity index (χ2v) is 4.59. The van der Waals surface area contributed by atoms with Gasteiger partial charge in [-0.1, -0.05) is 0 Å². The molecule has 1 saturated heterocycles. The Morgan fingerprint density at radius 3 is 2.88 bits per heavy atom. The van der Waals surface area contributed by atoms with E-state index in [9.17, 15) is 10.1 Å². The summed E-state index contributed by atoms with van der Waals surface area (Å²) in [5.41, 5.74) is 2.05. The molecule has 0 radical (unpaired) electrons. The molecule has 1 atom stereocenters. The number of piperazine rings is 1. The Kier molecular flexibility index (Phi) is 3.28. The highest BCUT2D eigenvalue weighted by Gasteiger charge is 2.18. The quantitative estimate of drug-likeness (QED) is 0.626. The molecule has 0 unspecified atom stereocenters. The predicted molar refractivity (Wildman–Crippen MR) is 67.5 cm³/mol. The maximum absolute atomic E-state index is 10.8. The number of rotatable bonds is 2. The molecular weight excluding hydrogens is 218 g/mol. The van der Waals surface area contributed by atoms with Crippen LogP contribution >= 0.6 is 0 Å². The Bertz CT molecular complexity index is 434. The highest BCUT2D eigenvalue weighted by atomic mass is 16.6. The van der Waals surface area contributed by atoms with Gasteiger partial charge in [0.2, 0.25) is 0 Å². The van der Waals surface area contributed by atoms with Crippen LogP contribution in [0.25, 0.3) is 0 Å². The number of hydrogen-bond donors (Lipinski definition) is 1. The Hall–Kier alpha value is -1.62. The number of nitrogens with zero attached hydrogens (tertiary/aromatic N) is 2. The van der Waals surface area contributed by atoms with Gasteiger partial charge in [-0.05, 0) is 25.5 Å². The van der Waals surface area contributed by atoms with Crippen molar-refractivity contribution in [3.63, 3.8) is 0 Å². The second-order valence-electron chi connectivity index (χ2n) is 4.59. The Morgan fingerprint density at radius 1 is 1.47 bits per heavy atom. The number of anilines is 1. The van der Waals surface area contributed by atoms with E-state index < -0.39 is 0 Å². The molecule has 5 heteroatoms. The lowest BCUT2D eigenvalue weighted by atomic mass is 10.1. The third kappa shape index (κ3) is 2.74. The molecule has 0 aliphatic carbocycles. The van der Waals surface area contributed by atoms with Crippen molar-refractivity contribution in [3.8, 4) is 0 Å². The summed E-state index contributed by atoms with van der Waals surface area (Å²) in [6, 6.07) is 5.69. The topological polar surface area (TPSA) is 58.4 Å². The van der Waals surface area contributed by atoms with E-state index in [-0.39, 0.29) is 10.6 Å². The van der Waals surface area contributed by atoms with Gasteiger partial charge in [-0.2, -0.15) is 0 Å². The molecule has 1 aliphatic heterocycles. The molecule has 0 amide bonds. The monoisotopic (exact) mass is 235 g/mol. The summed E-state index contributed by atoms with van der Waals surface area (Å²) < 4.78 is 0. The number of hydrogen-bond acceptors (Lipinski definition) is 4. The fourth-order valence-electron chi connectivity index (χ4n) is 2.20. The maximum Gasteiger partial charge on any atom is 0.271 e. The van der Waals surface area contributed by atoms with E-state index in [1.807, 2.05) is 13.0 Å². The van der Waals surface area contributed by atoms with Crippen molar-refractivity contribution >= 4 is 11.4 Å².